The molecule has 0 N–H and O–H groups in total. The van der Waals surface area contributed by atoms with Crippen LogP contribution in [0, 0.1) is 0 Å². The molecule has 1 amide bonds. The third-order valence-electron chi connectivity index (χ3n) is 6.11. The maximum absolute atomic E-state index is 13.0. The van der Waals surface area contributed by atoms with Crippen molar-refractivity contribution in [3.05, 3.63) is 54.1 Å². The highest BCUT2D eigenvalue weighted by molar-refractivity contribution is 8.01. The van der Waals surface area contributed by atoms with Crippen LogP contribution >= 0.6 is 11.8 Å². The molecule has 2 saturated heterocycles. The molecule has 33 heavy (non-hydrogen) atoms. The van der Waals surface area contributed by atoms with Crippen molar-refractivity contribution < 1.29 is 28.3 Å². The Hall–Kier alpha value is -3.26. The molecule has 2 atom stereocenters. The van der Waals surface area contributed by atoms with Gasteiger partial charge in [-0.2, -0.15) is 0 Å². The first kappa shape index (κ1) is 21.6. The fraction of sp³-hybridized carbons (Fsp3) is 0.320. The van der Waals surface area contributed by atoms with E-state index in [-0.39, 0.29) is 28.7 Å². The van der Waals surface area contributed by atoms with Crippen LogP contribution in [0.25, 0.3) is 22.3 Å². The average Bonchev–Trinajstić information content (AvgIpc) is 3.45. The molecule has 2 aliphatic rings. The van der Waals surface area contributed by atoms with Crippen molar-refractivity contribution >= 4 is 40.6 Å². The number of rotatable bonds is 5. The molecule has 2 aromatic carbocycles. The number of nitrogens with zero attached hydrogens (tertiary/aromatic N) is 1. The number of carbonyl (C=O) groups is 3. The van der Waals surface area contributed by atoms with Crippen molar-refractivity contribution in [2.24, 2.45) is 0 Å². The number of thioether (sulfide) groups is 1. The van der Waals surface area contributed by atoms with Crippen molar-refractivity contribution in [3.8, 4) is 17.1 Å². The number of esters is 2. The first-order valence-corrected chi connectivity index (χ1v) is 11.9. The van der Waals surface area contributed by atoms with Gasteiger partial charge in [0, 0.05) is 23.1 Å². The third-order valence-corrected chi connectivity index (χ3v) is 7.62. The van der Waals surface area contributed by atoms with Crippen LogP contribution in [0.4, 0.5) is 0 Å². The highest BCUT2D eigenvalue weighted by Crippen LogP contribution is 2.47. The zero-order valence-corrected chi connectivity index (χ0v) is 19.1. The predicted octanol–water partition coefficient (Wildman–Crippen LogP) is 4.64. The van der Waals surface area contributed by atoms with Gasteiger partial charge in [-0.3, -0.25) is 4.79 Å². The number of carbonyl (C=O) groups excluding carboxylic acids is 3. The second-order valence-electron chi connectivity index (χ2n) is 8.24. The van der Waals surface area contributed by atoms with Crippen LogP contribution in [0.15, 0.2) is 52.9 Å². The lowest BCUT2D eigenvalue weighted by atomic mass is 10.1. The Bertz CT molecular complexity index is 1250. The molecule has 170 valence electrons. The first-order valence-electron chi connectivity index (χ1n) is 10.9. The van der Waals surface area contributed by atoms with E-state index in [9.17, 15) is 14.4 Å². The highest BCUT2D eigenvalue weighted by Gasteiger charge is 2.53. The summed E-state index contributed by atoms with van der Waals surface area (Å²) >= 11 is 1.61. The van der Waals surface area contributed by atoms with Gasteiger partial charge in [0.15, 0.2) is 0 Å². The molecule has 1 aromatic heterocycles. The first-order chi connectivity index (χ1) is 15.9. The molecule has 2 unspecified atom stereocenters. The molecule has 8 heteroatoms. The lowest BCUT2D eigenvalue weighted by molar-refractivity contribution is -0.146. The van der Waals surface area contributed by atoms with E-state index < -0.39 is 18.0 Å². The van der Waals surface area contributed by atoms with E-state index in [0.29, 0.717) is 28.9 Å². The van der Waals surface area contributed by atoms with E-state index in [0.717, 1.165) is 12.0 Å². The van der Waals surface area contributed by atoms with E-state index in [1.54, 1.807) is 41.8 Å². The number of hydrogen-bond acceptors (Lipinski definition) is 7. The molecule has 0 bridgehead atoms. The zero-order valence-electron chi connectivity index (χ0n) is 18.3. The summed E-state index contributed by atoms with van der Waals surface area (Å²) in [5, 5.41) is 0.500. The van der Waals surface area contributed by atoms with Gasteiger partial charge in [-0.15, -0.1) is 11.8 Å². The summed E-state index contributed by atoms with van der Waals surface area (Å²) in [6.07, 6.45) is 1.17. The van der Waals surface area contributed by atoms with Gasteiger partial charge in [0.25, 0.3) is 0 Å². The maximum Gasteiger partial charge on any atom is 0.342 e. The topological polar surface area (TPSA) is 86.0 Å². The van der Waals surface area contributed by atoms with Gasteiger partial charge in [-0.25, -0.2) is 9.59 Å². The van der Waals surface area contributed by atoms with Gasteiger partial charge >= 0.3 is 11.9 Å². The summed E-state index contributed by atoms with van der Waals surface area (Å²) in [5.74, 6) is 0.171. The Morgan fingerprint density at radius 3 is 2.76 bits per heavy atom. The smallest absolute Gasteiger partial charge is 0.342 e. The van der Waals surface area contributed by atoms with E-state index in [1.807, 2.05) is 37.3 Å². The molecule has 0 saturated carbocycles. The Morgan fingerprint density at radius 1 is 1.21 bits per heavy atom. The largest absolute Gasteiger partial charge is 0.462 e. The fourth-order valence-electron chi connectivity index (χ4n) is 4.52. The van der Waals surface area contributed by atoms with Crippen molar-refractivity contribution in [1.29, 1.82) is 0 Å². The quantitative estimate of drug-likeness (QED) is 0.401. The van der Waals surface area contributed by atoms with Gasteiger partial charge in [0.05, 0.1) is 11.5 Å². The molecule has 2 fully saturated rings. The Kier molecular flexibility index (Phi) is 5.40. The maximum atomic E-state index is 13.0. The molecule has 0 spiro atoms. The normalized spacial score (nSPS) is 21.9. The average molecular weight is 466 g/mol. The number of furan rings is 1. The van der Waals surface area contributed by atoms with Crippen LogP contribution < -0.4 is 4.74 Å². The number of ether oxygens (including phenoxy) is 2. The Balaban J connectivity index is 1.49. The van der Waals surface area contributed by atoms with Crippen molar-refractivity contribution in [1.82, 2.24) is 4.90 Å². The summed E-state index contributed by atoms with van der Waals surface area (Å²) < 4.78 is 17.0. The lowest BCUT2D eigenvalue weighted by Crippen LogP contribution is -2.47. The number of amides is 1. The molecule has 3 heterocycles. The van der Waals surface area contributed by atoms with E-state index in [1.165, 1.54) is 0 Å². The minimum atomic E-state index is -0.626. The Morgan fingerprint density at radius 2 is 2.00 bits per heavy atom. The molecule has 3 aromatic rings. The monoisotopic (exact) mass is 465 g/mol. The van der Waals surface area contributed by atoms with Gasteiger partial charge in [-0.05, 0) is 38.5 Å². The number of fused-ring (bicyclic) bond motifs is 2. The van der Waals surface area contributed by atoms with Crippen LogP contribution in [-0.2, 0) is 14.3 Å². The summed E-state index contributed by atoms with van der Waals surface area (Å²) in [7, 11) is 0. The second-order valence-corrected chi connectivity index (χ2v) is 9.74. The predicted molar refractivity (Wildman–Crippen MR) is 124 cm³/mol. The van der Waals surface area contributed by atoms with Crippen LogP contribution in [0.5, 0.6) is 5.75 Å². The van der Waals surface area contributed by atoms with Crippen LogP contribution in [0.2, 0.25) is 0 Å². The minimum Gasteiger partial charge on any atom is -0.462 e. The van der Waals surface area contributed by atoms with Crippen molar-refractivity contribution in [2.45, 2.75) is 37.6 Å². The summed E-state index contributed by atoms with van der Waals surface area (Å²) in [6.45, 7) is 3.95. The van der Waals surface area contributed by atoms with Gasteiger partial charge in [0.1, 0.15) is 28.7 Å². The summed E-state index contributed by atoms with van der Waals surface area (Å²) in [6, 6.07) is 13.6. The number of benzene rings is 2. The SMILES string of the molecule is CCOC(=O)c1c(-c2ccccc2)oc2ccc(OC(=O)C3CSC4(C)CCC(=O)N34)cc12. The fourth-order valence-corrected chi connectivity index (χ4v) is 5.93. The lowest BCUT2D eigenvalue weighted by Gasteiger charge is -2.29. The molecule has 2 aliphatic heterocycles. The standard InChI is InChI=1S/C25H23NO6S/c1-3-30-24(29)21-17-13-16(9-10-19(17)32-22(21)15-7-5-4-6-8-15)31-23(28)18-14-33-25(2)12-11-20(27)26(18)25/h4-10,13,18H,3,11-12,14H2,1-2H3. The second kappa shape index (κ2) is 8.26. The van der Waals surface area contributed by atoms with Crippen LogP contribution in [0.3, 0.4) is 0 Å². The summed E-state index contributed by atoms with van der Waals surface area (Å²) in [4.78, 5) is 39.5. The molecular weight excluding hydrogens is 442 g/mol. The summed E-state index contributed by atoms with van der Waals surface area (Å²) in [5.41, 5.74) is 1.51. The third kappa shape index (κ3) is 3.68. The van der Waals surface area contributed by atoms with Gasteiger partial charge < -0.3 is 18.8 Å². The van der Waals surface area contributed by atoms with E-state index in [2.05, 4.69) is 0 Å². The van der Waals surface area contributed by atoms with Crippen LogP contribution in [-0.4, -0.2) is 46.0 Å². The molecule has 5 rings (SSSR count). The van der Waals surface area contributed by atoms with Gasteiger partial charge in [0.2, 0.25) is 5.91 Å². The highest BCUT2D eigenvalue weighted by atomic mass is 32.2. The molecular formula is C25H23NO6S. The molecule has 0 radical (unpaired) electrons. The van der Waals surface area contributed by atoms with Crippen LogP contribution in [0.1, 0.15) is 37.0 Å². The van der Waals surface area contributed by atoms with Gasteiger partial charge in [-0.1, -0.05) is 30.3 Å². The molecule has 7 nitrogen and oxygen atoms in total. The number of hydrogen-bond donors (Lipinski definition) is 0. The van der Waals surface area contributed by atoms with E-state index in [4.69, 9.17) is 13.9 Å². The van der Waals surface area contributed by atoms with E-state index >= 15 is 0 Å². The zero-order chi connectivity index (χ0) is 23.2. The van der Waals surface area contributed by atoms with Crippen molar-refractivity contribution in [2.75, 3.05) is 12.4 Å². The minimum absolute atomic E-state index is 0.0214. The van der Waals surface area contributed by atoms with Crippen molar-refractivity contribution in [3.63, 3.8) is 0 Å². The Labute approximate surface area is 195 Å². The molecule has 0 aliphatic carbocycles.